The van der Waals surface area contributed by atoms with Crippen LogP contribution in [0.25, 0.3) is 5.69 Å². The van der Waals surface area contributed by atoms with E-state index >= 15 is 0 Å². The molecule has 118 valence electrons. The molecule has 1 N–H and O–H groups in total. The average Bonchev–Trinajstić information content (AvgIpc) is 3.03. The second-order valence-corrected chi connectivity index (χ2v) is 5.49. The Kier molecular flexibility index (Phi) is 3.73. The Hall–Kier alpha value is -2.89. The summed E-state index contributed by atoms with van der Waals surface area (Å²) in [5, 5.41) is 6.66. The SMILES string of the molecule is Cc1noc(C)c1C(=O)Nc1ccc(-n2cnc(C)c2C)cc1. The zero-order chi connectivity index (χ0) is 16.6. The molecule has 0 atom stereocenters. The molecular weight excluding hydrogens is 292 g/mol. The smallest absolute Gasteiger partial charge is 0.261 e. The lowest BCUT2D eigenvalue weighted by atomic mass is 10.2. The minimum absolute atomic E-state index is 0.219. The Morgan fingerprint density at radius 3 is 2.30 bits per heavy atom. The summed E-state index contributed by atoms with van der Waals surface area (Å²) in [6.07, 6.45) is 1.79. The second-order valence-electron chi connectivity index (χ2n) is 5.49. The number of hydrogen-bond acceptors (Lipinski definition) is 4. The first-order valence-corrected chi connectivity index (χ1v) is 7.32. The van der Waals surface area contributed by atoms with Gasteiger partial charge in [-0.15, -0.1) is 0 Å². The van der Waals surface area contributed by atoms with E-state index in [1.807, 2.05) is 42.7 Å². The third-order valence-electron chi connectivity index (χ3n) is 3.92. The van der Waals surface area contributed by atoms with Crippen LogP contribution in [0.4, 0.5) is 5.69 Å². The van der Waals surface area contributed by atoms with Crippen LogP contribution in [0, 0.1) is 27.7 Å². The monoisotopic (exact) mass is 310 g/mol. The third kappa shape index (κ3) is 2.75. The molecule has 2 heterocycles. The predicted molar refractivity (Wildman–Crippen MR) is 87.0 cm³/mol. The Morgan fingerprint density at radius 2 is 1.78 bits per heavy atom. The number of amides is 1. The van der Waals surface area contributed by atoms with Crippen molar-refractivity contribution in [2.24, 2.45) is 0 Å². The summed E-state index contributed by atoms with van der Waals surface area (Å²) < 4.78 is 7.03. The van der Waals surface area contributed by atoms with Crippen molar-refractivity contribution in [1.29, 1.82) is 0 Å². The third-order valence-corrected chi connectivity index (χ3v) is 3.92. The van der Waals surface area contributed by atoms with Gasteiger partial charge in [0.2, 0.25) is 0 Å². The number of hydrogen-bond donors (Lipinski definition) is 1. The highest BCUT2D eigenvalue weighted by atomic mass is 16.5. The molecule has 0 aliphatic rings. The Balaban J connectivity index is 1.80. The van der Waals surface area contributed by atoms with Crippen molar-refractivity contribution in [2.75, 3.05) is 5.32 Å². The van der Waals surface area contributed by atoms with Crippen LogP contribution >= 0.6 is 0 Å². The zero-order valence-corrected chi connectivity index (χ0v) is 13.5. The summed E-state index contributed by atoms with van der Waals surface area (Å²) >= 11 is 0. The van der Waals surface area contributed by atoms with E-state index in [4.69, 9.17) is 4.52 Å². The van der Waals surface area contributed by atoms with Crippen LogP contribution in [0.5, 0.6) is 0 Å². The standard InChI is InChI=1S/C17H18N4O2/c1-10-12(3)21(9-18-10)15-7-5-14(6-8-15)19-17(22)16-11(2)20-23-13(16)4/h5-9H,1-4H3,(H,19,22). The number of carbonyl (C=O) groups is 1. The van der Waals surface area contributed by atoms with Gasteiger partial charge in [0.1, 0.15) is 11.3 Å². The average molecular weight is 310 g/mol. The molecule has 2 aromatic heterocycles. The lowest BCUT2D eigenvalue weighted by molar-refractivity contribution is 0.102. The molecule has 0 saturated carbocycles. The van der Waals surface area contributed by atoms with Crippen molar-refractivity contribution < 1.29 is 9.32 Å². The Morgan fingerprint density at radius 1 is 1.09 bits per heavy atom. The molecule has 3 rings (SSSR count). The molecule has 6 heteroatoms. The molecule has 0 spiro atoms. The molecule has 23 heavy (non-hydrogen) atoms. The fraction of sp³-hybridized carbons (Fsp3) is 0.235. The molecule has 0 bridgehead atoms. The quantitative estimate of drug-likeness (QED) is 0.805. The minimum atomic E-state index is -0.219. The Labute approximate surface area is 134 Å². The fourth-order valence-electron chi connectivity index (χ4n) is 2.47. The minimum Gasteiger partial charge on any atom is -0.361 e. The van der Waals surface area contributed by atoms with Crippen LogP contribution in [0.1, 0.15) is 33.2 Å². The van der Waals surface area contributed by atoms with E-state index in [9.17, 15) is 4.79 Å². The van der Waals surface area contributed by atoms with Crippen molar-refractivity contribution in [2.45, 2.75) is 27.7 Å². The maximum absolute atomic E-state index is 12.3. The van der Waals surface area contributed by atoms with Crippen molar-refractivity contribution in [3.63, 3.8) is 0 Å². The summed E-state index contributed by atoms with van der Waals surface area (Å²) in [6.45, 7) is 7.47. The number of aromatic nitrogens is 3. The van der Waals surface area contributed by atoms with E-state index in [1.54, 1.807) is 20.2 Å². The zero-order valence-electron chi connectivity index (χ0n) is 13.5. The first-order valence-electron chi connectivity index (χ1n) is 7.32. The van der Waals surface area contributed by atoms with Crippen molar-refractivity contribution in [3.05, 3.63) is 59.0 Å². The number of carbonyl (C=O) groups excluding carboxylic acids is 1. The summed E-state index contributed by atoms with van der Waals surface area (Å²) in [5.41, 5.74) is 4.88. The molecule has 1 amide bonds. The summed E-state index contributed by atoms with van der Waals surface area (Å²) in [7, 11) is 0. The maximum Gasteiger partial charge on any atom is 0.261 e. The number of anilines is 1. The van der Waals surface area contributed by atoms with Gasteiger partial charge in [-0.05, 0) is 52.0 Å². The van der Waals surface area contributed by atoms with Gasteiger partial charge in [0.15, 0.2) is 0 Å². The number of nitrogens with one attached hydrogen (secondary N) is 1. The van der Waals surface area contributed by atoms with Crippen LogP contribution in [0.15, 0.2) is 35.1 Å². The molecule has 0 radical (unpaired) electrons. The van der Waals surface area contributed by atoms with Crippen LogP contribution in [-0.4, -0.2) is 20.6 Å². The van der Waals surface area contributed by atoms with E-state index in [1.165, 1.54) is 0 Å². The van der Waals surface area contributed by atoms with Gasteiger partial charge in [0.05, 0.1) is 17.7 Å². The lowest BCUT2D eigenvalue weighted by Gasteiger charge is -2.08. The number of benzene rings is 1. The second kappa shape index (κ2) is 5.72. The molecule has 0 fully saturated rings. The maximum atomic E-state index is 12.3. The molecule has 0 unspecified atom stereocenters. The van der Waals surface area contributed by atoms with Crippen molar-refractivity contribution >= 4 is 11.6 Å². The van der Waals surface area contributed by atoms with Gasteiger partial charge in [0, 0.05) is 17.1 Å². The van der Waals surface area contributed by atoms with Gasteiger partial charge in [-0.25, -0.2) is 4.98 Å². The summed E-state index contributed by atoms with van der Waals surface area (Å²) in [4.78, 5) is 16.6. The lowest BCUT2D eigenvalue weighted by Crippen LogP contribution is -2.13. The van der Waals surface area contributed by atoms with Crippen molar-refractivity contribution in [3.8, 4) is 5.69 Å². The van der Waals surface area contributed by atoms with Gasteiger partial charge in [0.25, 0.3) is 5.91 Å². The first-order chi connectivity index (χ1) is 11.0. The van der Waals surface area contributed by atoms with E-state index < -0.39 is 0 Å². The molecule has 0 saturated heterocycles. The van der Waals surface area contributed by atoms with Gasteiger partial charge < -0.3 is 14.4 Å². The summed E-state index contributed by atoms with van der Waals surface area (Å²) in [5.74, 6) is 0.296. The first kappa shape index (κ1) is 15.0. The van der Waals surface area contributed by atoms with Gasteiger partial charge in [-0.1, -0.05) is 5.16 Å². The molecule has 3 aromatic rings. The van der Waals surface area contributed by atoms with Gasteiger partial charge in [-0.2, -0.15) is 0 Å². The van der Waals surface area contributed by atoms with Crippen molar-refractivity contribution in [1.82, 2.24) is 14.7 Å². The topological polar surface area (TPSA) is 73.0 Å². The molecule has 0 aliphatic carbocycles. The van der Waals surface area contributed by atoms with Crippen LogP contribution in [-0.2, 0) is 0 Å². The molecule has 6 nitrogen and oxygen atoms in total. The van der Waals surface area contributed by atoms with Crippen LogP contribution in [0.2, 0.25) is 0 Å². The fourth-order valence-corrected chi connectivity index (χ4v) is 2.47. The Bertz CT molecular complexity index is 840. The molecular formula is C17H18N4O2. The summed E-state index contributed by atoms with van der Waals surface area (Å²) in [6, 6.07) is 7.61. The molecule has 1 aromatic carbocycles. The highest BCUT2D eigenvalue weighted by Crippen LogP contribution is 2.19. The number of aryl methyl sites for hydroxylation is 3. The predicted octanol–water partition coefficient (Wildman–Crippen LogP) is 3.35. The van der Waals surface area contributed by atoms with Gasteiger partial charge >= 0.3 is 0 Å². The number of imidazole rings is 1. The highest BCUT2D eigenvalue weighted by molar-refractivity contribution is 6.05. The van der Waals surface area contributed by atoms with E-state index in [0.29, 0.717) is 22.7 Å². The number of rotatable bonds is 3. The van der Waals surface area contributed by atoms with Crippen LogP contribution in [0.3, 0.4) is 0 Å². The largest absolute Gasteiger partial charge is 0.361 e. The van der Waals surface area contributed by atoms with E-state index in [0.717, 1.165) is 17.1 Å². The van der Waals surface area contributed by atoms with Crippen LogP contribution < -0.4 is 5.32 Å². The number of nitrogens with zero attached hydrogens (tertiary/aromatic N) is 3. The highest BCUT2D eigenvalue weighted by Gasteiger charge is 2.17. The van der Waals surface area contributed by atoms with Gasteiger partial charge in [-0.3, -0.25) is 4.79 Å². The van der Waals surface area contributed by atoms with E-state index in [2.05, 4.69) is 15.5 Å². The normalized spacial score (nSPS) is 10.8. The molecule has 0 aliphatic heterocycles. The van der Waals surface area contributed by atoms with E-state index in [-0.39, 0.29) is 5.91 Å².